The third kappa shape index (κ3) is 2.85. The van der Waals surface area contributed by atoms with Gasteiger partial charge in [0.15, 0.2) is 0 Å². The fourth-order valence-electron chi connectivity index (χ4n) is 3.11. The van der Waals surface area contributed by atoms with E-state index in [1.165, 1.54) is 12.1 Å². The van der Waals surface area contributed by atoms with Crippen molar-refractivity contribution in [3.63, 3.8) is 0 Å². The summed E-state index contributed by atoms with van der Waals surface area (Å²) in [6, 6.07) is 8.03. The lowest BCUT2D eigenvalue weighted by atomic mass is 10.1. The third-order valence-electron chi connectivity index (χ3n) is 4.41. The quantitative estimate of drug-likeness (QED) is 0.913. The molecular weight excluding hydrogens is 321 g/mol. The number of hydrogen-bond donors (Lipinski definition) is 1. The highest BCUT2D eigenvalue weighted by molar-refractivity contribution is 5.96. The lowest BCUT2D eigenvalue weighted by Gasteiger charge is -2.28. The van der Waals surface area contributed by atoms with Crippen LogP contribution in [0.15, 0.2) is 48.7 Å². The van der Waals surface area contributed by atoms with E-state index in [-0.39, 0.29) is 11.7 Å². The number of aromatic nitrogens is 1. The average molecular weight is 339 g/mol. The zero-order valence-corrected chi connectivity index (χ0v) is 13.7. The van der Waals surface area contributed by atoms with E-state index in [0.29, 0.717) is 32.0 Å². The minimum Gasteiger partial charge on any atom is -0.378 e. The van der Waals surface area contributed by atoms with Gasteiger partial charge in [-0.1, -0.05) is 6.58 Å². The number of amides is 1. The number of carbonyl (C=O) groups excluding carboxylic acids is 1. The van der Waals surface area contributed by atoms with Crippen LogP contribution in [0, 0.1) is 5.82 Å². The van der Waals surface area contributed by atoms with Gasteiger partial charge in [-0.25, -0.2) is 4.39 Å². The van der Waals surface area contributed by atoms with Crippen LogP contribution in [0.25, 0.3) is 6.08 Å². The number of anilines is 2. The molecule has 2 aliphatic rings. The zero-order valence-electron chi connectivity index (χ0n) is 13.7. The van der Waals surface area contributed by atoms with Crippen LogP contribution in [0.5, 0.6) is 0 Å². The van der Waals surface area contributed by atoms with Crippen molar-refractivity contribution < 1.29 is 13.9 Å². The number of aromatic amines is 1. The average Bonchev–Trinajstić information content (AvgIpc) is 3.07. The molecule has 128 valence electrons. The van der Waals surface area contributed by atoms with Gasteiger partial charge in [-0.3, -0.25) is 9.69 Å². The molecule has 6 heteroatoms. The summed E-state index contributed by atoms with van der Waals surface area (Å²) in [5.74, 6) is 0.420. The van der Waals surface area contributed by atoms with Gasteiger partial charge in [-0.2, -0.15) is 0 Å². The molecule has 2 aliphatic heterocycles. The van der Waals surface area contributed by atoms with Crippen LogP contribution in [0.4, 0.5) is 15.9 Å². The van der Waals surface area contributed by atoms with Gasteiger partial charge in [0.2, 0.25) is 0 Å². The molecule has 3 heterocycles. The molecule has 0 spiro atoms. The van der Waals surface area contributed by atoms with Gasteiger partial charge < -0.3 is 14.6 Å². The molecule has 1 fully saturated rings. The van der Waals surface area contributed by atoms with Crippen LogP contribution in [-0.4, -0.2) is 42.1 Å². The van der Waals surface area contributed by atoms with Crippen molar-refractivity contribution in [1.29, 1.82) is 0 Å². The monoisotopic (exact) mass is 339 g/mol. The number of nitrogens with zero attached hydrogens (tertiary/aromatic N) is 2. The van der Waals surface area contributed by atoms with E-state index in [4.69, 9.17) is 4.74 Å². The molecule has 0 saturated carbocycles. The number of hydrogen-bond acceptors (Lipinski definition) is 3. The molecule has 1 N–H and O–H groups in total. The number of ether oxygens (including phenoxy) is 1. The van der Waals surface area contributed by atoms with Crippen molar-refractivity contribution in [3.05, 3.63) is 65.8 Å². The summed E-state index contributed by atoms with van der Waals surface area (Å²) < 4.78 is 18.5. The maximum absolute atomic E-state index is 13.2. The standard InChI is InChI=1S/C19H18FN3O2/c1-13-2-3-14-12-17(19(24)22-8-10-25-11-9-22)21-18(14)23(13)16-6-4-15(20)5-7-16/h2-7,12,21H,1,8-11H2. The van der Waals surface area contributed by atoms with E-state index in [1.54, 1.807) is 17.0 Å². The van der Waals surface area contributed by atoms with Crippen LogP contribution in [0.1, 0.15) is 16.1 Å². The zero-order chi connectivity index (χ0) is 17.4. The molecule has 0 unspecified atom stereocenters. The summed E-state index contributed by atoms with van der Waals surface area (Å²) in [5, 5.41) is 0. The van der Waals surface area contributed by atoms with Crippen molar-refractivity contribution in [1.82, 2.24) is 9.88 Å². The van der Waals surface area contributed by atoms with Gasteiger partial charge in [0, 0.05) is 30.0 Å². The fourth-order valence-corrected chi connectivity index (χ4v) is 3.11. The minimum atomic E-state index is -0.295. The Hall–Kier alpha value is -2.86. The van der Waals surface area contributed by atoms with Gasteiger partial charge in [-0.15, -0.1) is 0 Å². The Labute approximate surface area is 145 Å². The second kappa shape index (κ2) is 6.22. The van der Waals surface area contributed by atoms with Crippen LogP contribution in [0.2, 0.25) is 0 Å². The number of morpholine rings is 1. The van der Waals surface area contributed by atoms with E-state index in [2.05, 4.69) is 11.6 Å². The molecule has 2 aromatic rings. The Morgan fingerprint density at radius 1 is 1.16 bits per heavy atom. The first kappa shape index (κ1) is 15.7. The number of allylic oxidation sites excluding steroid dienone is 1. The SMILES string of the molecule is C=C1C=Cc2cc(C(=O)N3CCOCC3)[nH]c2N1c1ccc(F)cc1. The maximum Gasteiger partial charge on any atom is 0.270 e. The van der Waals surface area contributed by atoms with Gasteiger partial charge >= 0.3 is 0 Å². The van der Waals surface area contributed by atoms with Crippen molar-refractivity contribution in [3.8, 4) is 0 Å². The number of rotatable bonds is 2. The Balaban J connectivity index is 1.69. The molecule has 1 amide bonds. The Kier molecular flexibility index (Phi) is 3.89. The molecular formula is C19H18FN3O2. The van der Waals surface area contributed by atoms with Crippen LogP contribution < -0.4 is 4.90 Å². The first-order valence-electron chi connectivity index (χ1n) is 8.16. The minimum absolute atomic E-state index is 0.0456. The van der Waals surface area contributed by atoms with E-state index < -0.39 is 0 Å². The highest BCUT2D eigenvalue weighted by atomic mass is 19.1. The van der Waals surface area contributed by atoms with Crippen molar-refractivity contribution in [2.24, 2.45) is 0 Å². The van der Waals surface area contributed by atoms with Gasteiger partial charge in [0.05, 0.1) is 13.2 Å². The first-order valence-corrected chi connectivity index (χ1v) is 8.16. The molecule has 0 bridgehead atoms. The van der Waals surface area contributed by atoms with Crippen molar-refractivity contribution in [2.75, 3.05) is 31.2 Å². The lowest BCUT2D eigenvalue weighted by molar-refractivity contribution is 0.0299. The molecule has 4 rings (SSSR count). The molecule has 1 aromatic carbocycles. The summed E-state index contributed by atoms with van der Waals surface area (Å²) in [7, 11) is 0. The predicted octanol–water partition coefficient (Wildman–Crippen LogP) is 3.30. The third-order valence-corrected chi connectivity index (χ3v) is 4.41. The fraction of sp³-hybridized carbons (Fsp3) is 0.211. The second-order valence-electron chi connectivity index (χ2n) is 6.03. The molecule has 0 radical (unpaired) electrons. The van der Waals surface area contributed by atoms with Crippen LogP contribution >= 0.6 is 0 Å². The number of carbonyl (C=O) groups is 1. The topological polar surface area (TPSA) is 48.6 Å². The highest BCUT2D eigenvalue weighted by Crippen LogP contribution is 2.36. The van der Waals surface area contributed by atoms with E-state index in [0.717, 1.165) is 22.8 Å². The summed E-state index contributed by atoms with van der Waals surface area (Å²) in [4.78, 5) is 19.6. The molecule has 0 aliphatic carbocycles. The van der Waals surface area contributed by atoms with Crippen LogP contribution in [-0.2, 0) is 4.74 Å². The molecule has 25 heavy (non-hydrogen) atoms. The molecule has 1 aromatic heterocycles. The summed E-state index contributed by atoms with van der Waals surface area (Å²) >= 11 is 0. The van der Waals surface area contributed by atoms with Crippen LogP contribution in [0.3, 0.4) is 0 Å². The van der Waals surface area contributed by atoms with Gasteiger partial charge in [-0.05, 0) is 42.5 Å². The lowest BCUT2D eigenvalue weighted by Crippen LogP contribution is -2.40. The number of nitrogens with one attached hydrogen (secondary N) is 1. The largest absolute Gasteiger partial charge is 0.378 e. The second-order valence-corrected chi connectivity index (χ2v) is 6.03. The van der Waals surface area contributed by atoms with Crippen molar-refractivity contribution >= 4 is 23.5 Å². The van der Waals surface area contributed by atoms with E-state index in [9.17, 15) is 9.18 Å². The predicted molar refractivity (Wildman–Crippen MR) is 94.2 cm³/mol. The Morgan fingerprint density at radius 3 is 2.60 bits per heavy atom. The highest BCUT2D eigenvalue weighted by Gasteiger charge is 2.25. The van der Waals surface area contributed by atoms with E-state index >= 15 is 0 Å². The van der Waals surface area contributed by atoms with Gasteiger partial charge in [0.25, 0.3) is 5.91 Å². The Bertz CT molecular complexity index is 848. The first-order chi connectivity index (χ1) is 12.1. The number of benzene rings is 1. The molecule has 0 atom stereocenters. The Morgan fingerprint density at radius 2 is 1.88 bits per heavy atom. The van der Waals surface area contributed by atoms with E-state index in [1.807, 2.05) is 23.1 Å². The number of fused-ring (bicyclic) bond motifs is 1. The van der Waals surface area contributed by atoms with Crippen molar-refractivity contribution in [2.45, 2.75) is 0 Å². The summed E-state index contributed by atoms with van der Waals surface area (Å²) in [5.41, 5.74) is 2.95. The number of H-pyrrole nitrogens is 1. The van der Waals surface area contributed by atoms with Gasteiger partial charge in [0.1, 0.15) is 17.3 Å². The molecule has 5 nitrogen and oxygen atoms in total. The summed E-state index contributed by atoms with van der Waals surface area (Å²) in [6.45, 7) is 6.35. The number of halogens is 1. The molecule has 1 saturated heterocycles. The normalized spacial score (nSPS) is 16.9. The summed E-state index contributed by atoms with van der Waals surface area (Å²) in [6.07, 6.45) is 3.80. The smallest absolute Gasteiger partial charge is 0.270 e. The maximum atomic E-state index is 13.2.